The van der Waals surface area contributed by atoms with Crippen molar-refractivity contribution in [3.63, 3.8) is 0 Å². The number of carbonyl (C=O) groups excluding carboxylic acids is 2. The normalized spacial score (nSPS) is 18.5. The monoisotopic (exact) mass is 464 g/mol. The second-order valence-electron chi connectivity index (χ2n) is 8.58. The zero-order valence-electron chi connectivity index (χ0n) is 20.0. The average Bonchev–Trinajstić information content (AvgIpc) is 3.16. The van der Waals surface area contributed by atoms with Crippen molar-refractivity contribution in [2.75, 3.05) is 27.9 Å². The minimum Gasteiger partial charge on any atom is -0.493 e. The van der Waals surface area contributed by atoms with Crippen molar-refractivity contribution in [2.24, 2.45) is 0 Å². The lowest BCUT2D eigenvalue weighted by Gasteiger charge is -2.31. The van der Waals surface area contributed by atoms with Gasteiger partial charge in [0.2, 0.25) is 0 Å². The van der Waals surface area contributed by atoms with Gasteiger partial charge in [-0.05, 0) is 60.9 Å². The smallest absolute Gasteiger partial charge is 0.327 e. The molecule has 0 spiro atoms. The molecule has 0 unspecified atom stereocenters. The fraction of sp³-hybridized carbons (Fsp3) is 0.407. The van der Waals surface area contributed by atoms with Crippen LogP contribution in [-0.2, 0) is 20.7 Å². The Bertz CT molecular complexity index is 1070. The van der Waals surface area contributed by atoms with E-state index >= 15 is 0 Å². The van der Waals surface area contributed by atoms with Gasteiger partial charge in [-0.1, -0.05) is 36.4 Å². The molecule has 1 aliphatic heterocycles. The third-order valence-electron chi connectivity index (χ3n) is 6.66. The molecule has 1 N–H and O–H groups in total. The van der Waals surface area contributed by atoms with Crippen LogP contribution >= 0.6 is 0 Å². The molecular weight excluding hydrogens is 432 g/mol. The van der Waals surface area contributed by atoms with E-state index in [4.69, 9.17) is 14.2 Å². The Morgan fingerprint density at radius 2 is 1.76 bits per heavy atom. The Kier molecular flexibility index (Phi) is 7.53. The van der Waals surface area contributed by atoms with Gasteiger partial charge in [-0.25, -0.2) is 4.79 Å². The maximum Gasteiger partial charge on any atom is 0.327 e. The lowest BCUT2D eigenvalue weighted by molar-refractivity contribution is -0.144. The molecule has 0 radical (unpaired) electrons. The van der Waals surface area contributed by atoms with Gasteiger partial charge in [-0.15, -0.1) is 0 Å². The molecule has 2 atom stereocenters. The number of benzene rings is 2. The van der Waals surface area contributed by atoms with Gasteiger partial charge in [-0.2, -0.15) is 0 Å². The summed E-state index contributed by atoms with van der Waals surface area (Å²) in [5.41, 5.74) is 3.85. The van der Waals surface area contributed by atoms with Gasteiger partial charge in [0.25, 0.3) is 5.91 Å². The molecule has 2 aromatic carbocycles. The molecule has 0 fully saturated rings. The van der Waals surface area contributed by atoms with Crippen LogP contribution in [-0.4, -0.2) is 50.8 Å². The molecule has 1 heterocycles. The molecule has 0 aromatic heterocycles. The van der Waals surface area contributed by atoms with Crippen molar-refractivity contribution in [2.45, 2.75) is 44.3 Å². The highest BCUT2D eigenvalue weighted by atomic mass is 16.5. The second kappa shape index (κ2) is 10.7. The molecular formula is C27H32N2O5. The van der Waals surface area contributed by atoms with E-state index in [1.807, 2.05) is 29.2 Å². The molecule has 2 aromatic rings. The molecule has 4 rings (SSSR count). The average molecular weight is 465 g/mol. The van der Waals surface area contributed by atoms with E-state index in [9.17, 15) is 9.59 Å². The first-order valence-corrected chi connectivity index (χ1v) is 11.7. The number of esters is 1. The van der Waals surface area contributed by atoms with Gasteiger partial charge in [0.05, 0.1) is 21.3 Å². The summed E-state index contributed by atoms with van der Waals surface area (Å²) in [6.07, 6.45) is 4.07. The zero-order valence-corrected chi connectivity index (χ0v) is 20.0. The van der Waals surface area contributed by atoms with Crippen LogP contribution in [0, 0.1) is 0 Å². The first kappa shape index (κ1) is 23.8. The van der Waals surface area contributed by atoms with Crippen molar-refractivity contribution >= 4 is 11.9 Å². The Balaban J connectivity index is 1.64. The lowest BCUT2D eigenvalue weighted by Crippen LogP contribution is -2.49. The Morgan fingerprint density at radius 3 is 2.47 bits per heavy atom. The van der Waals surface area contributed by atoms with Crippen LogP contribution in [0.1, 0.15) is 42.9 Å². The quantitative estimate of drug-likeness (QED) is 0.569. The summed E-state index contributed by atoms with van der Waals surface area (Å²) in [7, 11) is 4.50. The van der Waals surface area contributed by atoms with Crippen LogP contribution < -0.4 is 14.8 Å². The number of nitrogens with zero attached hydrogens (tertiary/aromatic N) is 1. The van der Waals surface area contributed by atoms with E-state index in [1.54, 1.807) is 26.4 Å². The number of ether oxygens (including phenoxy) is 3. The lowest BCUT2D eigenvalue weighted by atomic mass is 9.92. The Morgan fingerprint density at radius 1 is 1.03 bits per heavy atom. The van der Waals surface area contributed by atoms with Gasteiger partial charge in [0.1, 0.15) is 12.2 Å². The molecule has 0 saturated carbocycles. The summed E-state index contributed by atoms with van der Waals surface area (Å²) in [4.78, 5) is 28.2. The van der Waals surface area contributed by atoms with Crippen LogP contribution in [0.25, 0.3) is 0 Å². The van der Waals surface area contributed by atoms with Gasteiger partial charge in [0, 0.05) is 12.1 Å². The zero-order chi connectivity index (χ0) is 24.1. The van der Waals surface area contributed by atoms with Gasteiger partial charge >= 0.3 is 5.97 Å². The number of amides is 1. The predicted molar refractivity (Wildman–Crippen MR) is 129 cm³/mol. The number of methoxy groups -OCH3 is 3. The summed E-state index contributed by atoms with van der Waals surface area (Å²) < 4.78 is 15.9. The topological polar surface area (TPSA) is 77.1 Å². The largest absolute Gasteiger partial charge is 0.493 e. The molecule has 7 nitrogen and oxygen atoms in total. The first-order valence-electron chi connectivity index (χ1n) is 11.7. The number of rotatable bonds is 9. The predicted octanol–water partition coefficient (Wildman–Crippen LogP) is 3.79. The fourth-order valence-electron chi connectivity index (χ4n) is 4.88. The molecule has 1 amide bonds. The standard InChI is InChI=1S/C27H32N2O5/c1-32-22-14-13-19(17-23(22)33-2)24(27(31)34-3)28-25-20-11-7-8-12-21(20)26(30)29(25)16-15-18-9-5-4-6-10-18/h4-6,9-10,13-14,17,24-25,28H,7-8,11-12,15-16H2,1-3H3/t24-,25-/m1/s1. The molecule has 0 saturated heterocycles. The van der Waals surface area contributed by atoms with Crippen LogP contribution in [0.5, 0.6) is 11.5 Å². The molecule has 34 heavy (non-hydrogen) atoms. The van der Waals surface area contributed by atoms with Crippen molar-refractivity contribution in [3.05, 3.63) is 70.8 Å². The van der Waals surface area contributed by atoms with Gasteiger partial charge in [-0.3, -0.25) is 10.1 Å². The minimum absolute atomic E-state index is 0.0686. The number of nitrogens with one attached hydrogen (secondary N) is 1. The minimum atomic E-state index is -0.768. The molecule has 2 aliphatic rings. The first-order chi connectivity index (χ1) is 16.6. The highest BCUT2D eigenvalue weighted by Gasteiger charge is 2.41. The van der Waals surface area contributed by atoms with Gasteiger partial charge < -0.3 is 19.1 Å². The summed E-state index contributed by atoms with van der Waals surface area (Å²) >= 11 is 0. The van der Waals surface area contributed by atoms with Crippen LogP contribution in [0.4, 0.5) is 0 Å². The van der Waals surface area contributed by atoms with E-state index in [0.29, 0.717) is 23.6 Å². The Hall–Kier alpha value is -3.32. The fourth-order valence-corrected chi connectivity index (χ4v) is 4.88. The molecule has 0 bridgehead atoms. The summed E-state index contributed by atoms with van der Waals surface area (Å²) in [6, 6.07) is 14.7. The van der Waals surface area contributed by atoms with Crippen molar-refractivity contribution in [1.29, 1.82) is 0 Å². The van der Waals surface area contributed by atoms with Crippen molar-refractivity contribution in [3.8, 4) is 11.5 Å². The SMILES string of the molecule is COC(=O)[C@H](N[C@H]1C2=C(CCCC2)C(=O)N1CCc1ccccc1)c1ccc(OC)c(OC)c1. The van der Waals surface area contributed by atoms with Crippen molar-refractivity contribution in [1.82, 2.24) is 10.2 Å². The highest BCUT2D eigenvalue weighted by Crippen LogP contribution is 2.37. The third kappa shape index (κ3) is 4.80. The summed E-state index contributed by atoms with van der Waals surface area (Å²) in [5.74, 6) is 0.746. The summed E-state index contributed by atoms with van der Waals surface area (Å²) in [5, 5.41) is 3.46. The van der Waals surface area contributed by atoms with E-state index < -0.39 is 12.0 Å². The van der Waals surface area contributed by atoms with E-state index in [2.05, 4.69) is 17.4 Å². The van der Waals surface area contributed by atoms with Crippen LogP contribution in [0.2, 0.25) is 0 Å². The highest BCUT2D eigenvalue weighted by molar-refractivity contribution is 5.98. The van der Waals surface area contributed by atoms with E-state index in [0.717, 1.165) is 43.3 Å². The number of hydrogen-bond acceptors (Lipinski definition) is 6. The summed E-state index contributed by atoms with van der Waals surface area (Å²) in [6.45, 7) is 0.563. The van der Waals surface area contributed by atoms with Crippen LogP contribution in [0.15, 0.2) is 59.7 Å². The maximum absolute atomic E-state index is 13.4. The number of hydrogen-bond donors (Lipinski definition) is 1. The van der Waals surface area contributed by atoms with Crippen molar-refractivity contribution < 1.29 is 23.8 Å². The maximum atomic E-state index is 13.4. The van der Waals surface area contributed by atoms with Crippen LogP contribution in [0.3, 0.4) is 0 Å². The molecule has 1 aliphatic carbocycles. The Labute approximate surface area is 200 Å². The molecule has 7 heteroatoms. The van der Waals surface area contributed by atoms with E-state index in [1.165, 1.54) is 12.7 Å². The van der Waals surface area contributed by atoms with Gasteiger partial charge in [0.15, 0.2) is 11.5 Å². The van der Waals surface area contributed by atoms with E-state index in [-0.39, 0.29) is 12.1 Å². The third-order valence-corrected chi connectivity index (χ3v) is 6.66. The molecule has 180 valence electrons. The second-order valence-corrected chi connectivity index (χ2v) is 8.58. The number of carbonyl (C=O) groups is 2.